The van der Waals surface area contributed by atoms with E-state index in [2.05, 4.69) is 15.3 Å². The van der Waals surface area contributed by atoms with Gasteiger partial charge in [-0.2, -0.15) is 14.9 Å². The highest BCUT2D eigenvalue weighted by Gasteiger charge is 2.10. The van der Waals surface area contributed by atoms with Gasteiger partial charge in [0.05, 0.1) is 19.9 Å². The molecule has 0 fully saturated rings. The normalized spacial score (nSPS) is 10.9. The van der Waals surface area contributed by atoms with Crippen LogP contribution in [0, 0.1) is 4.77 Å². The Balaban J connectivity index is 1.83. The van der Waals surface area contributed by atoms with Gasteiger partial charge in [0.2, 0.25) is 4.77 Å². The van der Waals surface area contributed by atoms with E-state index in [1.54, 1.807) is 13.3 Å². The van der Waals surface area contributed by atoms with Crippen LogP contribution in [0.4, 0.5) is 0 Å². The lowest BCUT2D eigenvalue weighted by atomic mass is 10.2. The van der Waals surface area contributed by atoms with Gasteiger partial charge in [-0.3, -0.25) is 0 Å². The van der Waals surface area contributed by atoms with E-state index in [0.717, 1.165) is 17.7 Å². The Bertz CT molecular complexity index is 983. The van der Waals surface area contributed by atoms with Crippen LogP contribution < -0.4 is 14.2 Å². The molecule has 0 atom stereocenters. The number of aromatic nitrogens is 3. The molecule has 1 aromatic heterocycles. The fourth-order valence-corrected chi connectivity index (χ4v) is 2.67. The van der Waals surface area contributed by atoms with Gasteiger partial charge >= 0.3 is 0 Å². The van der Waals surface area contributed by atoms with Crippen molar-refractivity contribution in [3.05, 3.63) is 64.7 Å². The summed E-state index contributed by atoms with van der Waals surface area (Å²) in [6.07, 6.45) is 2.56. The molecule has 0 spiro atoms. The van der Waals surface area contributed by atoms with Crippen LogP contribution in [-0.2, 0) is 6.61 Å². The second kappa shape index (κ2) is 9.70. The summed E-state index contributed by atoms with van der Waals surface area (Å²) < 4.78 is 18.9. The molecule has 0 radical (unpaired) electrons. The number of para-hydroxylation sites is 2. The molecule has 1 heterocycles. The van der Waals surface area contributed by atoms with E-state index in [0.29, 0.717) is 28.7 Å². The van der Waals surface area contributed by atoms with Crippen LogP contribution in [0.3, 0.4) is 0 Å². The summed E-state index contributed by atoms with van der Waals surface area (Å²) in [6.45, 7) is 2.86. The fraction of sp³-hybridized carbons (Fsp3) is 0.250. The predicted molar refractivity (Wildman–Crippen MR) is 110 cm³/mol. The van der Waals surface area contributed by atoms with Gasteiger partial charge in [-0.05, 0) is 42.9 Å². The smallest absolute Gasteiger partial charge is 0.216 e. The Morgan fingerprint density at radius 3 is 2.71 bits per heavy atom. The third-order valence-corrected chi connectivity index (χ3v) is 4.08. The topological polar surface area (TPSA) is 73.7 Å². The number of hydrogen-bond donors (Lipinski definition) is 1. The fourth-order valence-electron chi connectivity index (χ4n) is 2.48. The Kier molecular flexibility index (Phi) is 6.80. The maximum Gasteiger partial charge on any atom is 0.216 e. The van der Waals surface area contributed by atoms with E-state index < -0.39 is 0 Å². The largest absolute Gasteiger partial charge is 0.493 e. The van der Waals surface area contributed by atoms with Crippen LogP contribution in [0.25, 0.3) is 0 Å². The lowest BCUT2D eigenvalue weighted by molar-refractivity contribution is 0.290. The van der Waals surface area contributed by atoms with Gasteiger partial charge in [-0.1, -0.05) is 31.2 Å². The molecule has 0 saturated carbocycles. The standard InChI is InChI=1S/C20H22N4O3S/c1-3-12-26-19-15(8-7-11-17(19)25-2)13-21-24-18(22-23-20(24)28)14-27-16-9-5-4-6-10-16/h4-11,13H,3,12,14H2,1-2H3,(H,23,28)/b21-13-. The third kappa shape index (κ3) is 4.77. The first-order valence-corrected chi connectivity index (χ1v) is 9.32. The molecule has 0 saturated heterocycles. The van der Waals surface area contributed by atoms with Crippen LogP contribution in [0.1, 0.15) is 24.7 Å². The first kappa shape index (κ1) is 19.6. The maximum absolute atomic E-state index is 5.84. The lowest BCUT2D eigenvalue weighted by Crippen LogP contribution is -2.05. The maximum atomic E-state index is 5.84. The van der Waals surface area contributed by atoms with Crippen molar-refractivity contribution in [1.29, 1.82) is 0 Å². The van der Waals surface area contributed by atoms with Gasteiger partial charge < -0.3 is 14.2 Å². The number of aromatic amines is 1. The number of benzene rings is 2. The van der Waals surface area contributed by atoms with E-state index in [1.165, 1.54) is 4.68 Å². The number of ether oxygens (including phenoxy) is 3. The summed E-state index contributed by atoms with van der Waals surface area (Å²) in [5.41, 5.74) is 0.783. The minimum atomic E-state index is 0.228. The van der Waals surface area contributed by atoms with Gasteiger partial charge in [0, 0.05) is 5.56 Å². The first-order valence-electron chi connectivity index (χ1n) is 8.91. The zero-order valence-corrected chi connectivity index (χ0v) is 16.6. The molecule has 0 unspecified atom stereocenters. The predicted octanol–water partition coefficient (Wildman–Crippen LogP) is 4.20. The Labute approximate surface area is 168 Å². The summed E-state index contributed by atoms with van der Waals surface area (Å²) >= 11 is 5.29. The minimum Gasteiger partial charge on any atom is -0.493 e. The highest BCUT2D eigenvalue weighted by atomic mass is 32.1. The number of nitrogens with one attached hydrogen (secondary N) is 1. The average molecular weight is 398 g/mol. The molecular formula is C20H22N4O3S. The van der Waals surface area contributed by atoms with Crippen LogP contribution >= 0.6 is 12.2 Å². The summed E-state index contributed by atoms with van der Waals surface area (Å²) in [5.74, 6) is 2.60. The van der Waals surface area contributed by atoms with E-state index in [1.807, 2.05) is 55.5 Å². The van der Waals surface area contributed by atoms with Crippen molar-refractivity contribution >= 4 is 18.4 Å². The molecule has 2 aromatic carbocycles. The molecule has 0 aliphatic carbocycles. The number of methoxy groups -OCH3 is 1. The van der Waals surface area contributed by atoms with E-state index in [9.17, 15) is 0 Å². The molecule has 3 aromatic rings. The second-order valence-corrected chi connectivity index (χ2v) is 6.22. The van der Waals surface area contributed by atoms with Crippen molar-refractivity contribution in [2.24, 2.45) is 5.10 Å². The van der Waals surface area contributed by atoms with Crippen LogP contribution in [0.5, 0.6) is 17.2 Å². The molecule has 8 heteroatoms. The van der Waals surface area contributed by atoms with Crippen LogP contribution in [-0.4, -0.2) is 34.8 Å². The first-order chi connectivity index (χ1) is 13.7. The molecule has 0 bridgehead atoms. The summed E-state index contributed by atoms with van der Waals surface area (Å²) in [5, 5.41) is 11.4. The van der Waals surface area contributed by atoms with E-state index in [4.69, 9.17) is 26.4 Å². The average Bonchev–Trinajstić information content (AvgIpc) is 3.09. The van der Waals surface area contributed by atoms with Crippen LogP contribution in [0.2, 0.25) is 0 Å². The number of H-pyrrole nitrogens is 1. The van der Waals surface area contributed by atoms with Gasteiger partial charge in [0.1, 0.15) is 12.4 Å². The molecule has 0 aliphatic rings. The quantitative estimate of drug-likeness (QED) is 0.432. The SMILES string of the molecule is CCCOc1c(/C=N\n2c(COc3ccccc3)n[nH]c2=S)cccc1OC. The molecule has 7 nitrogen and oxygen atoms in total. The number of rotatable bonds is 9. The summed E-state index contributed by atoms with van der Waals surface area (Å²) in [6, 6.07) is 15.1. The van der Waals surface area contributed by atoms with Gasteiger partial charge in [-0.15, -0.1) is 0 Å². The van der Waals surface area contributed by atoms with Crippen molar-refractivity contribution in [3.8, 4) is 17.2 Å². The van der Waals surface area contributed by atoms with Gasteiger partial charge in [0.15, 0.2) is 17.3 Å². The second-order valence-electron chi connectivity index (χ2n) is 5.83. The monoisotopic (exact) mass is 398 g/mol. The highest BCUT2D eigenvalue weighted by molar-refractivity contribution is 7.71. The highest BCUT2D eigenvalue weighted by Crippen LogP contribution is 2.30. The molecular weight excluding hydrogens is 376 g/mol. The summed E-state index contributed by atoms with van der Waals surface area (Å²) in [4.78, 5) is 0. The molecule has 0 amide bonds. The number of nitrogens with zero attached hydrogens (tertiary/aromatic N) is 3. The molecule has 3 rings (SSSR count). The molecule has 28 heavy (non-hydrogen) atoms. The Morgan fingerprint density at radius 2 is 1.96 bits per heavy atom. The minimum absolute atomic E-state index is 0.228. The van der Waals surface area contributed by atoms with Gasteiger partial charge in [-0.25, -0.2) is 5.10 Å². The summed E-state index contributed by atoms with van der Waals surface area (Å²) in [7, 11) is 1.61. The Hall–Kier alpha value is -3.13. The molecule has 146 valence electrons. The van der Waals surface area contributed by atoms with Crippen molar-refractivity contribution in [3.63, 3.8) is 0 Å². The van der Waals surface area contributed by atoms with E-state index in [-0.39, 0.29) is 6.61 Å². The van der Waals surface area contributed by atoms with E-state index >= 15 is 0 Å². The molecule has 0 aliphatic heterocycles. The zero-order valence-electron chi connectivity index (χ0n) is 15.8. The van der Waals surface area contributed by atoms with Crippen molar-refractivity contribution in [1.82, 2.24) is 14.9 Å². The third-order valence-electron chi connectivity index (χ3n) is 3.82. The zero-order chi connectivity index (χ0) is 19.8. The van der Waals surface area contributed by atoms with Crippen molar-refractivity contribution in [2.45, 2.75) is 20.0 Å². The van der Waals surface area contributed by atoms with Crippen LogP contribution in [0.15, 0.2) is 53.6 Å². The lowest BCUT2D eigenvalue weighted by Gasteiger charge is -2.12. The van der Waals surface area contributed by atoms with Gasteiger partial charge in [0.25, 0.3) is 0 Å². The molecule has 1 N–H and O–H groups in total. The van der Waals surface area contributed by atoms with Crippen molar-refractivity contribution < 1.29 is 14.2 Å². The Morgan fingerprint density at radius 1 is 1.14 bits per heavy atom. The number of hydrogen-bond acceptors (Lipinski definition) is 6. The van der Waals surface area contributed by atoms with Crippen molar-refractivity contribution in [2.75, 3.05) is 13.7 Å².